The molecule has 1 fully saturated rings. The van der Waals surface area contributed by atoms with Crippen LogP contribution < -0.4 is 19.9 Å². The molecule has 37 heavy (non-hydrogen) atoms. The molecule has 194 valence electrons. The van der Waals surface area contributed by atoms with Crippen molar-refractivity contribution in [3.05, 3.63) is 48.3 Å². The maximum absolute atomic E-state index is 13.4. The smallest absolute Gasteiger partial charge is 0.416 e. The number of nitrogens with one attached hydrogen (secondary N) is 1. The number of hydrogen-bond acceptors (Lipinski definition) is 9. The summed E-state index contributed by atoms with van der Waals surface area (Å²) in [7, 11) is 0. The van der Waals surface area contributed by atoms with Crippen molar-refractivity contribution in [2.75, 3.05) is 41.4 Å². The maximum Gasteiger partial charge on any atom is 0.416 e. The van der Waals surface area contributed by atoms with Gasteiger partial charge >= 0.3 is 12.2 Å². The fourth-order valence-corrected chi connectivity index (χ4v) is 4.25. The Hall–Kier alpha value is -4.04. The van der Waals surface area contributed by atoms with Crippen LogP contribution in [0.15, 0.2) is 42.7 Å². The Balaban J connectivity index is 1.42. The van der Waals surface area contributed by atoms with Gasteiger partial charge in [0, 0.05) is 24.7 Å². The Labute approximate surface area is 208 Å². The quantitative estimate of drug-likeness (QED) is 0.450. The lowest BCUT2D eigenvalue weighted by atomic mass is 10.1. The van der Waals surface area contributed by atoms with E-state index >= 15 is 0 Å². The summed E-state index contributed by atoms with van der Waals surface area (Å²) in [6.07, 6.45) is -2.11. The largest absolute Gasteiger partial charge is 0.474 e. The summed E-state index contributed by atoms with van der Waals surface area (Å²) in [5.74, 6) is 0.387. The normalized spacial score (nSPS) is 17.4. The number of alkyl halides is 3. The second kappa shape index (κ2) is 9.78. The summed E-state index contributed by atoms with van der Waals surface area (Å²) >= 11 is 0. The minimum Gasteiger partial charge on any atom is -0.474 e. The molecule has 1 aromatic carbocycles. The number of rotatable bonds is 6. The van der Waals surface area contributed by atoms with Gasteiger partial charge in [0.25, 0.3) is 0 Å². The molecule has 2 aromatic heterocycles. The number of carbonyl (C=O) groups excluding carboxylic acids is 1. The Morgan fingerprint density at radius 2 is 2.11 bits per heavy atom. The molecule has 2 atom stereocenters. The van der Waals surface area contributed by atoms with E-state index in [4.69, 9.17) is 9.84 Å². The predicted octanol–water partition coefficient (Wildman–Crippen LogP) is 2.32. The first-order valence-electron chi connectivity index (χ1n) is 11.4. The van der Waals surface area contributed by atoms with Crippen molar-refractivity contribution in [2.45, 2.75) is 24.7 Å². The Morgan fingerprint density at radius 3 is 2.89 bits per heavy atom. The number of fused-ring (bicyclic) bond motifs is 4. The molecule has 2 bridgehead atoms. The number of aliphatic hydroxyl groups is 2. The summed E-state index contributed by atoms with van der Waals surface area (Å²) in [5.41, 5.74) is 0.229. The molecule has 2 amide bonds. The van der Waals surface area contributed by atoms with Gasteiger partial charge < -0.3 is 25.2 Å². The molecule has 0 saturated carbocycles. The highest BCUT2D eigenvalue weighted by Gasteiger charge is 2.41. The number of nitrogens with zero attached hydrogens (tertiary/aromatic N) is 6. The van der Waals surface area contributed by atoms with Gasteiger partial charge in [0.15, 0.2) is 11.6 Å². The van der Waals surface area contributed by atoms with Gasteiger partial charge in [-0.05, 0) is 18.6 Å². The van der Waals surface area contributed by atoms with Crippen LogP contribution in [0.5, 0.6) is 5.88 Å². The molecule has 1 saturated heterocycles. The lowest BCUT2D eigenvalue weighted by Crippen LogP contribution is -2.48. The van der Waals surface area contributed by atoms with Crippen molar-refractivity contribution in [2.24, 2.45) is 0 Å². The monoisotopic (exact) mass is 517 g/mol. The zero-order valence-corrected chi connectivity index (χ0v) is 19.3. The lowest BCUT2D eigenvalue weighted by Gasteiger charge is -2.35. The minimum atomic E-state index is -4.52. The van der Waals surface area contributed by atoms with Crippen LogP contribution in [-0.4, -0.2) is 74.9 Å². The van der Waals surface area contributed by atoms with Crippen LogP contribution in [0.2, 0.25) is 0 Å². The third-order valence-corrected chi connectivity index (χ3v) is 6.03. The third kappa shape index (κ3) is 5.11. The Bertz CT molecular complexity index is 1310. The number of halogens is 3. The average molecular weight is 517 g/mol. The summed E-state index contributed by atoms with van der Waals surface area (Å²) in [6.45, 7) is 0.542. The molecular weight excluding hydrogens is 495 g/mol. The number of benzene rings is 1. The number of hydrogen-bond donors (Lipinski definition) is 3. The van der Waals surface area contributed by atoms with E-state index in [0.29, 0.717) is 31.0 Å². The van der Waals surface area contributed by atoms with E-state index in [0.717, 1.165) is 12.1 Å². The molecule has 4 heterocycles. The predicted molar refractivity (Wildman–Crippen MR) is 125 cm³/mol. The second-order valence-corrected chi connectivity index (χ2v) is 8.60. The van der Waals surface area contributed by atoms with Crippen LogP contribution in [-0.2, 0) is 6.18 Å². The Kier molecular flexibility index (Phi) is 6.52. The molecule has 0 spiro atoms. The molecule has 5 rings (SSSR count). The molecule has 3 N–H and O–H groups in total. The van der Waals surface area contributed by atoms with E-state index in [1.807, 2.05) is 4.90 Å². The van der Waals surface area contributed by atoms with Gasteiger partial charge in [0.05, 0.1) is 42.0 Å². The molecule has 14 heteroatoms. The number of urea groups is 1. The van der Waals surface area contributed by atoms with Crippen molar-refractivity contribution in [3.63, 3.8) is 0 Å². The van der Waals surface area contributed by atoms with Crippen LogP contribution >= 0.6 is 0 Å². The molecule has 11 nitrogen and oxygen atoms in total. The lowest BCUT2D eigenvalue weighted by molar-refractivity contribution is -0.137. The minimum absolute atomic E-state index is 0.0329. The van der Waals surface area contributed by atoms with E-state index in [-0.39, 0.29) is 35.6 Å². The summed E-state index contributed by atoms with van der Waals surface area (Å²) < 4.78 is 45.0. The number of aromatic nitrogens is 4. The highest BCUT2D eigenvalue weighted by Crippen LogP contribution is 2.40. The Morgan fingerprint density at radius 1 is 1.27 bits per heavy atom. The highest BCUT2D eigenvalue weighted by atomic mass is 19.4. The highest BCUT2D eigenvalue weighted by molar-refractivity contribution is 6.04. The van der Waals surface area contributed by atoms with Crippen LogP contribution in [0, 0.1) is 0 Å². The molecule has 0 aliphatic carbocycles. The molecule has 3 aromatic rings. The molecular formula is C23H22F3N7O4. The van der Waals surface area contributed by atoms with Crippen molar-refractivity contribution in [3.8, 4) is 17.3 Å². The zero-order chi connectivity index (χ0) is 26.2. The van der Waals surface area contributed by atoms with Gasteiger partial charge in [-0.2, -0.15) is 18.3 Å². The number of aliphatic hydroxyl groups excluding tert-OH is 2. The summed E-state index contributed by atoms with van der Waals surface area (Å²) in [4.78, 5) is 25.7. The van der Waals surface area contributed by atoms with Crippen molar-refractivity contribution in [1.82, 2.24) is 20.2 Å². The van der Waals surface area contributed by atoms with E-state index in [2.05, 4.69) is 25.5 Å². The summed E-state index contributed by atoms with van der Waals surface area (Å²) in [5, 5.41) is 28.6. The molecule has 2 aliphatic rings. The SMILES string of the molecule is O=C(Nc1cnnc(OC[C@H](O)CO)c1)N1c2nc(-c3cccc(C(F)(F)F)c3)ncc2N2CCC1C2. The number of carbonyl (C=O) groups is 1. The van der Waals surface area contributed by atoms with Gasteiger partial charge in [-0.15, -0.1) is 5.10 Å². The average Bonchev–Trinajstić information content (AvgIpc) is 3.31. The molecule has 0 radical (unpaired) electrons. The first-order valence-corrected chi connectivity index (χ1v) is 11.4. The van der Waals surface area contributed by atoms with Crippen LogP contribution in [0.3, 0.4) is 0 Å². The van der Waals surface area contributed by atoms with Crippen molar-refractivity contribution >= 4 is 23.2 Å². The van der Waals surface area contributed by atoms with Crippen LogP contribution in [0.25, 0.3) is 11.4 Å². The second-order valence-electron chi connectivity index (χ2n) is 8.60. The van der Waals surface area contributed by atoms with E-state index in [1.165, 1.54) is 35.5 Å². The number of ether oxygens (including phenoxy) is 1. The van der Waals surface area contributed by atoms with Gasteiger partial charge in [0.2, 0.25) is 5.88 Å². The van der Waals surface area contributed by atoms with E-state index in [9.17, 15) is 23.1 Å². The van der Waals surface area contributed by atoms with Gasteiger partial charge in [-0.25, -0.2) is 14.8 Å². The fourth-order valence-electron chi connectivity index (χ4n) is 4.25. The van der Waals surface area contributed by atoms with Crippen LogP contribution in [0.4, 0.5) is 35.2 Å². The maximum atomic E-state index is 13.4. The molecule has 2 aliphatic heterocycles. The van der Waals surface area contributed by atoms with Gasteiger partial charge in [0.1, 0.15) is 12.7 Å². The van der Waals surface area contributed by atoms with E-state index < -0.39 is 30.5 Å². The van der Waals surface area contributed by atoms with E-state index in [1.54, 1.807) is 0 Å². The third-order valence-electron chi connectivity index (χ3n) is 6.03. The number of anilines is 3. The first-order chi connectivity index (χ1) is 17.7. The fraction of sp³-hybridized carbons (Fsp3) is 0.348. The van der Waals surface area contributed by atoms with Gasteiger partial charge in [-0.1, -0.05) is 12.1 Å². The van der Waals surface area contributed by atoms with Gasteiger partial charge in [-0.3, -0.25) is 4.90 Å². The first kappa shape index (κ1) is 24.6. The van der Waals surface area contributed by atoms with Crippen molar-refractivity contribution < 1.29 is 32.9 Å². The summed E-state index contributed by atoms with van der Waals surface area (Å²) in [6, 6.07) is 5.40. The zero-order valence-electron chi connectivity index (χ0n) is 19.3. The van der Waals surface area contributed by atoms with Crippen LogP contribution in [0.1, 0.15) is 12.0 Å². The topological polar surface area (TPSA) is 137 Å². The van der Waals surface area contributed by atoms with Crippen molar-refractivity contribution in [1.29, 1.82) is 0 Å². The standard InChI is InChI=1S/C23H22F3N7O4/c24-23(25,26)14-3-1-2-13(6-14)20-27-9-18-21(30-20)33(16-4-5-32(18)10-16)22(36)29-15-7-19(31-28-8-15)37-12-17(35)11-34/h1-3,6-9,16-17,34-35H,4-5,10-12H2,(H,29,31,36)/t16?,17-/m1/s1. The number of amides is 2. The molecule has 1 unspecified atom stereocenters.